The average molecular weight is 280 g/mol. The number of benzene rings is 1. The van der Waals surface area contributed by atoms with Gasteiger partial charge in [0.25, 0.3) is 0 Å². The van der Waals surface area contributed by atoms with Gasteiger partial charge in [-0.25, -0.2) is 0 Å². The first kappa shape index (κ1) is 16.5. The third-order valence-corrected chi connectivity index (χ3v) is 4.30. The molecule has 0 saturated heterocycles. The van der Waals surface area contributed by atoms with E-state index in [0.29, 0.717) is 6.04 Å². The Morgan fingerprint density at radius 3 is 2.26 bits per heavy atom. The van der Waals surface area contributed by atoms with E-state index in [-0.39, 0.29) is 0 Å². The maximum atomic E-state index is 6.21. The smallest absolute Gasteiger partial charge is 0.0146 e. The monoisotopic (exact) mass is 280 g/mol. The van der Waals surface area contributed by atoms with Crippen LogP contribution in [0, 0.1) is 0 Å². The van der Waals surface area contributed by atoms with Crippen molar-refractivity contribution in [2.45, 2.75) is 44.0 Å². The molecule has 0 unspecified atom stereocenters. The zero-order chi connectivity index (χ0) is 13.9. The van der Waals surface area contributed by atoms with Crippen LogP contribution in [0.3, 0.4) is 0 Å². The summed E-state index contributed by atoms with van der Waals surface area (Å²) in [7, 11) is 0. The zero-order valence-corrected chi connectivity index (χ0v) is 13.2. The van der Waals surface area contributed by atoms with Crippen LogP contribution in [-0.2, 0) is 0 Å². The lowest BCUT2D eigenvalue weighted by Gasteiger charge is -2.22. The van der Waals surface area contributed by atoms with E-state index in [9.17, 15) is 0 Å². The molecule has 108 valence electrons. The predicted octanol–water partition coefficient (Wildman–Crippen LogP) is 3.62. The Kier molecular flexibility index (Phi) is 8.97. The maximum absolute atomic E-state index is 6.21. The van der Waals surface area contributed by atoms with Crippen LogP contribution in [0.2, 0.25) is 0 Å². The molecule has 0 aromatic heterocycles. The normalized spacial score (nSPS) is 12.8. The van der Waals surface area contributed by atoms with Crippen LogP contribution in [0.4, 0.5) is 0 Å². The van der Waals surface area contributed by atoms with E-state index in [2.05, 4.69) is 49.1 Å². The Hall–Kier alpha value is -0.510. The molecule has 1 aromatic rings. The van der Waals surface area contributed by atoms with Crippen molar-refractivity contribution >= 4 is 11.8 Å². The summed E-state index contributed by atoms with van der Waals surface area (Å²) in [5.41, 5.74) is 6.21. The van der Waals surface area contributed by atoms with E-state index in [1.54, 1.807) is 0 Å². The summed E-state index contributed by atoms with van der Waals surface area (Å²) < 4.78 is 0. The highest BCUT2D eigenvalue weighted by atomic mass is 32.2. The summed E-state index contributed by atoms with van der Waals surface area (Å²) in [6.07, 6.45) is 3.56. The quantitative estimate of drug-likeness (QED) is 0.664. The Morgan fingerprint density at radius 2 is 1.68 bits per heavy atom. The van der Waals surface area contributed by atoms with Gasteiger partial charge in [-0.15, -0.1) is 11.8 Å². The Labute approximate surface area is 122 Å². The highest BCUT2D eigenvalue weighted by Crippen LogP contribution is 2.18. The third kappa shape index (κ3) is 7.61. The minimum atomic E-state index is 0.293. The van der Waals surface area contributed by atoms with E-state index in [1.807, 2.05) is 11.8 Å². The van der Waals surface area contributed by atoms with Gasteiger partial charge in [-0.2, -0.15) is 0 Å². The van der Waals surface area contributed by atoms with Gasteiger partial charge in [-0.05, 0) is 51.0 Å². The summed E-state index contributed by atoms with van der Waals surface area (Å²) in [6.45, 7) is 8.03. The molecule has 0 aliphatic rings. The first-order valence-electron chi connectivity index (χ1n) is 7.42. The second-order valence-corrected chi connectivity index (χ2v) is 6.11. The zero-order valence-electron chi connectivity index (χ0n) is 12.3. The summed E-state index contributed by atoms with van der Waals surface area (Å²) in [5, 5.41) is 0. The van der Waals surface area contributed by atoms with Crippen LogP contribution < -0.4 is 5.73 Å². The molecule has 0 saturated carbocycles. The number of rotatable bonds is 10. The molecular formula is C16H28N2S. The second kappa shape index (κ2) is 10.3. The average Bonchev–Trinajstić information content (AvgIpc) is 2.44. The van der Waals surface area contributed by atoms with E-state index < -0.39 is 0 Å². The van der Waals surface area contributed by atoms with Gasteiger partial charge in [0.1, 0.15) is 0 Å². The van der Waals surface area contributed by atoms with Gasteiger partial charge in [0.2, 0.25) is 0 Å². The highest BCUT2D eigenvalue weighted by molar-refractivity contribution is 7.99. The maximum Gasteiger partial charge on any atom is 0.0146 e. The summed E-state index contributed by atoms with van der Waals surface area (Å²) in [5.74, 6) is 1.01. The van der Waals surface area contributed by atoms with Crippen molar-refractivity contribution in [1.29, 1.82) is 0 Å². The topological polar surface area (TPSA) is 29.3 Å². The van der Waals surface area contributed by atoms with Gasteiger partial charge in [0, 0.05) is 16.7 Å². The standard InChI is InChI=1S/C16H28N2S/c1-3-11-18(12-4-2)13-10-15(17)14-19-16-8-6-5-7-9-16/h5-9,15H,3-4,10-14,17H2,1-2H3/t15-/m1/s1. The fourth-order valence-electron chi connectivity index (χ4n) is 2.12. The molecule has 1 aromatic carbocycles. The molecule has 0 amide bonds. The lowest BCUT2D eigenvalue weighted by molar-refractivity contribution is 0.266. The van der Waals surface area contributed by atoms with Gasteiger partial charge >= 0.3 is 0 Å². The summed E-state index contributed by atoms with van der Waals surface area (Å²) >= 11 is 1.86. The largest absolute Gasteiger partial charge is 0.327 e. The minimum Gasteiger partial charge on any atom is -0.327 e. The molecule has 0 spiro atoms. The first-order valence-corrected chi connectivity index (χ1v) is 8.40. The van der Waals surface area contributed by atoms with Gasteiger partial charge in [0.15, 0.2) is 0 Å². The van der Waals surface area contributed by atoms with Crippen LogP contribution in [0.5, 0.6) is 0 Å². The van der Waals surface area contributed by atoms with E-state index in [0.717, 1.165) is 18.7 Å². The number of thioether (sulfide) groups is 1. The molecular weight excluding hydrogens is 252 g/mol. The van der Waals surface area contributed by atoms with Gasteiger partial charge in [-0.3, -0.25) is 0 Å². The molecule has 0 fully saturated rings. The number of nitrogens with two attached hydrogens (primary N) is 1. The van der Waals surface area contributed by atoms with Crippen LogP contribution >= 0.6 is 11.8 Å². The van der Waals surface area contributed by atoms with E-state index >= 15 is 0 Å². The molecule has 0 radical (unpaired) electrons. The molecule has 0 aliphatic heterocycles. The minimum absolute atomic E-state index is 0.293. The number of nitrogens with zero attached hydrogens (tertiary/aromatic N) is 1. The summed E-state index contributed by atoms with van der Waals surface area (Å²) in [4.78, 5) is 3.85. The van der Waals surface area contributed by atoms with Crippen molar-refractivity contribution in [3.8, 4) is 0 Å². The first-order chi connectivity index (χ1) is 9.26. The predicted molar refractivity (Wildman–Crippen MR) is 86.8 cm³/mol. The molecule has 0 heterocycles. The second-order valence-electron chi connectivity index (χ2n) is 5.01. The van der Waals surface area contributed by atoms with E-state index in [1.165, 1.54) is 30.8 Å². The molecule has 1 rings (SSSR count). The summed E-state index contributed by atoms with van der Waals surface area (Å²) in [6, 6.07) is 10.8. The molecule has 0 aliphatic carbocycles. The van der Waals surface area contributed by atoms with Crippen molar-refractivity contribution in [3.63, 3.8) is 0 Å². The highest BCUT2D eigenvalue weighted by Gasteiger charge is 2.07. The lowest BCUT2D eigenvalue weighted by Crippen LogP contribution is -2.32. The Bertz CT molecular complexity index is 310. The van der Waals surface area contributed by atoms with Crippen LogP contribution in [0.1, 0.15) is 33.1 Å². The molecule has 1 atom stereocenters. The third-order valence-electron chi connectivity index (χ3n) is 3.10. The molecule has 3 heteroatoms. The lowest BCUT2D eigenvalue weighted by atomic mass is 10.2. The molecule has 19 heavy (non-hydrogen) atoms. The fourth-order valence-corrected chi connectivity index (χ4v) is 3.04. The van der Waals surface area contributed by atoms with Crippen molar-refractivity contribution in [2.75, 3.05) is 25.4 Å². The van der Waals surface area contributed by atoms with Crippen molar-refractivity contribution in [1.82, 2.24) is 4.90 Å². The van der Waals surface area contributed by atoms with E-state index in [4.69, 9.17) is 5.73 Å². The van der Waals surface area contributed by atoms with Crippen LogP contribution in [-0.4, -0.2) is 36.3 Å². The number of hydrogen-bond acceptors (Lipinski definition) is 3. The van der Waals surface area contributed by atoms with Crippen molar-refractivity contribution in [2.24, 2.45) is 5.73 Å². The van der Waals surface area contributed by atoms with Gasteiger partial charge in [0.05, 0.1) is 0 Å². The Morgan fingerprint density at radius 1 is 1.05 bits per heavy atom. The molecule has 2 nitrogen and oxygen atoms in total. The van der Waals surface area contributed by atoms with Crippen molar-refractivity contribution < 1.29 is 0 Å². The SMILES string of the molecule is CCCN(CCC)CC[C@@H](N)CSc1ccccc1. The fraction of sp³-hybridized carbons (Fsp3) is 0.625. The van der Waals surface area contributed by atoms with Gasteiger partial charge < -0.3 is 10.6 Å². The number of hydrogen-bond donors (Lipinski definition) is 1. The van der Waals surface area contributed by atoms with Gasteiger partial charge in [-0.1, -0.05) is 32.0 Å². The molecule has 0 bridgehead atoms. The Balaban J connectivity index is 2.21. The van der Waals surface area contributed by atoms with Crippen molar-refractivity contribution in [3.05, 3.63) is 30.3 Å². The van der Waals surface area contributed by atoms with Crippen LogP contribution in [0.15, 0.2) is 35.2 Å². The molecule has 2 N–H and O–H groups in total. The van der Waals surface area contributed by atoms with Crippen LogP contribution in [0.25, 0.3) is 0 Å².